The van der Waals surface area contributed by atoms with E-state index >= 15 is 0 Å². The van der Waals surface area contributed by atoms with Crippen molar-refractivity contribution >= 4 is 11.3 Å². The van der Waals surface area contributed by atoms with Gasteiger partial charge in [0.1, 0.15) is 17.0 Å². The molecule has 3 aromatic rings. The van der Waals surface area contributed by atoms with E-state index in [-0.39, 0.29) is 38.8 Å². The minimum Gasteiger partial charge on any atom is -0.672 e. The Balaban J connectivity index is 0.00000320. The Bertz CT molecular complexity index is 946. The summed E-state index contributed by atoms with van der Waals surface area (Å²) < 4.78 is 59.7. The summed E-state index contributed by atoms with van der Waals surface area (Å²) in [5.74, 6) is -0.00635. The minimum atomic E-state index is -4.46. The van der Waals surface area contributed by atoms with Gasteiger partial charge in [0, 0.05) is 0 Å². The maximum atomic E-state index is 12.7. The van der Waals surface area contributed by atoms with E-state index in [9.17, 15) is 17.4 Å². The standard InChI is InChI=1S/C21H17F3N2O2S.CH3.Ir.H2O/c22-21(23,24)17-11-13-18(14-12-17)28-29(27)26-20(16-9-5-2-6-10-16)19(25)15-7-3-1-4-8-15;;;/h1-14,19-20,25H;1H3;;1H2/q-2;-1;+3;/t19-,20-,29?;;;/m1.../s1. The van der Waals surface area contributed by atoms with Crippen LogP contribution in [-0.2, 0) is 37.5 Å². The molecule has 0 aliphatic carbocycles. The molecule has 0 aromatic heterocycles. The molecule has 1 unspecified atom stereocenters. The Morgan fingerprint density at radius 1 is 0.844 bits per heavy atom. The summed E-state index contributed by atoms with van der Waals surface area (Å²) in [7, 11) is 0. The SMILES string of the molecule is O.[CH3-].[Ir+3].[NH-][C@H](c1ccccc1)[C@H]([N-]S(=O)Oc1ccc(C(F)(F)F)cc1)c1ccccc1. The summed E-state index contributed by atoms with van der Waals surface area (Å²) in [6, 6.07) is 20.2. The van der Waals surface area contributed by atoms with Crippen molar-refractivity contribution in [2.45, 2.75) is 18.3 Å². The van der Waals surface area contributed by atoms with Crippen LogP contribution in [-0.4, -0.2) is 9.69 Å². The predicted octanol–water partition coefficient (Wildman–Crippen LogP) is 6.19. The number of rotatable bonds is 7. The number of hydrogen-bond donors (Lipinski definition) is 0. The fourth-order valence-electron chi connectivity index (χ4n) is 2.70. The Morgan fingerprint density at radius 2 is 1.31 bits per heavy atom. The summed E-state index contributed by atoms with van der Waals surface area (Å²) in [5.41, 5.74) is 9.11. The number of nitrogens with one attached hydrogen (secondary N) is 1. The van der Waals surface area contributed by atoms with Crippen LogP contribution in [0.25, 0.3) is 10.5 Å². The number of nitrogens with zero attached hydrogens (tertiary/aromatic N) is 1. The van der Waals surface area contributed by atoms with E-state index in [1.165, 1.54) is 0 Å². The van der Waals surface area contributed by atoms with Crippen molar-refractivity contribution in [3.8, 4) is 5.75 Å². The zero-order valence-corrected chi connectivity index (χ0v) is 20.1. The van der Waals surface area contributed by atoms with Crippen LogP contribution in [0.1, 0.15) is 28.8 Å². The van der Waals surface area contributed by atoms with E-state index < -0.39 is 35.1 Å². The maximum Gasteiger partial charge on any atom is 3.00 e. The monoisotopic (exact) mass is 644 g/mol. The molecule has 3 aromatic carbocycles. The van der Waals surface area contributed by atoms with Crippen molar-refractivity contribution in [3.05, 3.63) is 120 Å². The molecule has 0 heterocycles. The maximum absolute atomic E-state index is 12.7. The van der Waals surface area contributed by atoms with Crippen molar-refractivity contribution in [2.24, 2.45) is 0 Å². The number of halogens is 3. The van der Waals surface area contributed by atoms with Gasteiger partial charge < -0.3 is 27.5 Å². The number of benzene rings is 3. The molecule has 0 fully saturated rings. The second-order valence-electron chi connectivity index (χ2n) is 6.17. The molecule has 0 saturated carbocycles. The topological polar surface area (TPSA) is 95.7 Å². The first kappa shape index (κ1) is 29.9. The average Bonchev–Trinajstić information content (AvgIpc) is 2.72. The third-order valence-corrected chi connectivity index (χ3v) is 4.90. The molecular weight excluding hydrogens is 622 g/mol. The zero-order chi connectivity index (χ0) is 20.9. The average molecular weight is 644 g/mol. The molecule has 174 valence electrons. The van der Waals surface area contributed by atoms with Gasteiger partial charge in [-0.25, -0.2) is 4.21 Å². The van der Waals surface area contributed by atoms with E-state index in [1.807, 2.05) is 12.1 Å². The molecule has 0 radical (unpaired) electrons. The van der Waals surface area contributed by atoms with Crippen LogP contribution < -0.4 is 4.18 Å². The Kier molecular flexibility index (Phi) is 12.6. The largest absolute Gasteiger partial charge is 3.00 e. The van der Waals surface area contributed by atoms with E-state index in [0.717, 1.165) is 24.3 Å². The fourth-order valence-corrected chi connectivity index (χ4v) is 3.45. The van der Waals surface area contributed by atoms with Gasteiger partial charge in [0.05, 0.1) is 5.56 Å². The van der Waals surface area contributed by atoms with Gasteiger partial charge in [-0.15, -0.1) is 12.1 Å². The molecule has 0 spiro atoms. The van der Waals surface area contributed by atoms with Gasteiger partial charge in [0.25, 0.3) is 0 Å². The first-order valence-electron chi connectivity index (χ1n) is 8.64. The third-order valence-electron chi connectivity index (χ3n) is 4.16. The summed E-state index contributed by atoms with van der Waals surface area (Å²) in [6.45, 7) is 0. The van der Waals surface area contributed by atoms with Gasteiger partial charge >= 0.3 is 26.3 Å². The van der Waals surface area contributed by atoms with Gasteiger partial charge in [-0.1, -0.05) is 71.8 Å². The molecule has 3 atom stereocenters. The zero-order valence-electron chi connectivity index (χ0n) is 16.9. The first-order valence-corrected chi connectivity index (χ1v) is 9.67. The molecule has 0 bridgehead atoms. The molecule has 10 heteroatoms. The molecule has 0 aliphatic heterocycles. The second-order valence-corrected chi connectivity index (χ2v) is 6.98. The molecular formula is C22H22F3IrN2O3S. The van der Waals surface area contributed by atoms with Crippen molar-refractivity contribution in [3.63, 3.8) is 0 Å². The molecule has 5 nitrogen and oxygen atoms in total. The Labute approximate surface area is 201 Å². The predicted molar refractivity (Wildman–Crippen MR) is 116 cm³/mol. The van der Waals surface area contributed by atoms with Crippen LogP contribution in [0.3, 0.4) is 0 Å². The van der Waals surface area contributed by atoms with Crippen molar-refractivity contribution in [1.82, 2.24) is 0 Å². The summed E-state index contributed by atoms with van der Waals surface area (Å²) in [5, 5.41) is 0. The van der Waals surface area contributed by atoms with Gasteiger partial charge in [0.2, 0.25) is 0 Å². The summed E-state index contributed by atoms with van der Waals surface area (Å²) in [6.07, 6.45) is -4.46. The van der Waals surface area contributed by atoms with Crippen LogP contribution in [0.2, 0.25) is 0 Å². The van der Waals surface area contributed by atoms with Gasteiger partial charge in [-0.2, -0.15) is 13.2 Å². The minimum absolute atomic E-state index is 0. The molecule has 3 N–H and O–H groups in total. The molecule has 3 rings (SSSR count). The second kappa shape index (κ2) is 13.5. The Morgan fingerprint density at radius 3 is 1.78 bits per heavy atom. The van der Waals surface area contributed by atoms with E-state index in [1.54, 1.807) is 48.5 Å². The molecule has 0 saturated heterocycles. The molecule has 0 amide bonds. The van der Waals surface area contributed by atoms with Gasteiger partial charge in [-0.05, 0) is 24.3 Å². The fraction of sp³-hybridized carbons (Fsp3) is 0.136. The normalized spacial score (nSPS) is 13.4. The molecule has 0 aliphatic rings. The number of alkyl halides is 3. The number of hydrogen-bond acceptors (Lipinski definition) is 2. The van der Waals surface area contributed by atoms with E-state index in [2.05, 4.69) is 4.72 Å². The van der Waals surface area contributed by atoms with E-state index in [4.69, 9.17) is 9.92 Å². The third kappa shape index (κ3) is 8.12. The smallest absolute Gasteiger partial charge is 0.672 e. The van der Waals surface area contributed by atoms with Crippen LogP contribution in [0.15, 0.2) is 84.9 Å². The van der Waals surface area contributed by atoms with Gasteiger partial charge in [0.15, 0.2) is 0 Å². The summed E-state index contributed by atoms with van der Waals surface area (Å²) >= 11 is -2.20. The van der Waals surface area contributed by atoms with Crippen molar-refractivity contribution in [1.29, 1.82) is 0 Å². The van der Waals surface area contributed by atoms with Crippen molar-refractivity contribution < 1.29 is 47.1 Å². The first-order chi connectivity index (χ1) is 13.8. The van der Waals surface area contributed by atoms with E-state index in [0.29, 0.717) is 11.1 Å². The Hall–Kier alpha value is -2.07. The van der Waals surface area contributed by atoms with Crippen LogP contribution in [0.5, 0.6) is 5.75 Å². The summed E-state index contributed by atoms with van der Waals surface area (Å²) in [4.78, 5) is 0. The molecule has 32 heavy (non-hydrogen) atoms. The van der Waals surface area contributed by atoms with Crippen LogP contribution >= 0.6 is 0 Å². The quantitative estimate of drug-likeness (QED) is 0.287. The van der Waals surface area contributed by atoms with Crippen LogP contribution in [0, 0.1) is 7.43 Å². The van der Waals surface area contributed by atoms with Gasteiger partial charge in [-0.3, -0.25) is 0 Å². The van der Waals surface area contributed by atoms with Crippen molar-refractivity contribution in [2.75, 3.05) is 0 Å². The van der Waals surface area contributed by atoms with Crippen LogP contribution in [0.4, 0.5) is 13.2 Å².